The Hall–Kier alpha value is -1.44. The first-order valence-corrected chi connectivity index (χ1v) is 12.5. The maximum absolute atomic E-state index is 7.12. The Bertz CT molecular complexity index is 817. The highest BCUT2D eigenvalue weighted by molar-refractivity contribution is 6.99. The van der Waals surface area contributed by atoms with Crippen LogP contribution in [0.25, 0.3) is 0 Å². The molecule has 0 unspecified atom stereocenters. The number of rotatable bonds is 6. The van der Waals surface area contributed by atoms with E-state index in [2.05, 4.69) is 69.3 Å². The number of methoxy groups -OCH3 is 1. The molecule has 2 fully saturated rings. The van der Waals surface area contributed by atoms with E-state index in [1.807, 2.05) is 19.1 Å². The van der Waals surface area contributed by atoms with Gasteiger partial charge in [0.25, 0.3) is 8.32 Å². The molecule has 2 aromatic rings. The molecule has 2 aliphatic heterocycles. The fourth-order valence-corrected chi connectivity index (χ4v) is 9.81. The SMILES string of the molecule is [B][C@@H]1O[C@@]2(CO[Si](c3ccccc3)(c3ccccc3)C(C)(C)C)[C@@H](C)O[C@@H]1[C@@H]2OC. The van der Waals surface area contributed by atoms with Gasteiger partial charge in [0.15, 0.2) is 0 Å². The Kier molecular flexibility index (Phi) is 5.75. The minimum atomic E-state index is -2.69. The van der Waals surface area contributed by atoms with Crippen LogP contribution in [0.3, 0.4) is 0 Å². The van der Waals surface area contributed by atoms with Crippen LogP contribution in [0.1, 0.15) is 27.7 Å². The van der Waals surface area contributed by atoms with Gasteiger partial charge in [0.2, 0.25) is 0 Å². The van der Waals surface area contributed by atoms with Crippen molar-refractivity contribution >= 4 is 26.5 Å². The largest absolute Gasteiger partial charge is 0.404 e. The normalized spacial score (nSPS) is 31.2. The van der Waals surface area contributed by atoms with E-state index < -0.39 is 19.9 Å². The highest BCUT2D eigenvalue weighted by Gasteiger charge is 2.65. The zero-order valence-electron chi connectivity index (χ0n) is 18.5. The van der Waals surface area contributed by atoms with Gasteiger partial charge in [0.05, 0.1) is 12.7 Å². The summed E-state index contributed by atoms with van der Waals surface area (Å²) in [5.74, 6) is 0. The van der Waals surface area contributed by atoms with E-state index in [-0.39, 0.29) is 23.4 Å². The molecule has 2 aliphatic rings. The van der Waals surface area contributed by atoms with Crippen molar-refractivity contribution in [2.24, 2.45) is 0 Å². The quantitative estimate of drug-likeness (QED) is 0.671. The minimum Gasteiger partial charge on any atom is -0.404 e. The lowest BCUT2D eigenvalue weighted by Gasteiger charge is -2.46. The highest BCUT2D eigenvalue weighted by atomic mass is 28.4. The molecular weight excluding hydrogens is 391 g/mol. The molecule has 0 aromatic heterocycles. The molecule has 2 bridgehead atoms. The summed E-state index contributed by atoms with van der Waals surface area (Å²) in [6.45, 7) is 9.19. The summed E-state index contributed by atoms with van der Waals surface area (Å²) in [6.07, 6.45) is -0.682. The Morgan fingerprint density at radius 2 is 1.53 bits per heavy atom. The first-order valence-electron chi connectivity index (χ1n) is 10.6. The summed E-state index contributed by atoms with van der Waals surface area (Å²) in [4.78, 5) is 0. The standard InChI is InChI=1S/C24H31BO4Si/c1-17-24(21(26-5)20(28-17)22(25)29-24)16-27-30(23(2,3)4,18-12-8-6-9-13-18)19-14-10-7-11-15-19/h6-15,17,20-22H,16H2,1-5H3/t17-,20-,21+,22-,24+/m1/s1. The molecule has 4 rings (SSSR count). The molecule has 0 saturated carbocycles. The molecule has 0 spiro atoms. The summed E-state index contributed by atoms with van der Waals surface area (Å²) >= 11 is 0. The molecule has 5 atom stereocenters. The predicted octanol–water partition coefficient (Wildman–Crippen LogP) is 2.63. The molecule has 2 saturated heterocycles. The van der Waals surface area contributed by atoms with E-state index in [9.17, 15) is 0 Å². The molecular formula is C24H31BO4Si. The second-order valence-electron chi connectivity index (χ2n) is 9.39. The van der Waals surface area contributed by atoms with Crippen molar-refractivity contribution in [2.45, 2.75) is 62.6 Å². The third-order valence-electron chi connectivity index (χ3n) is 6.69. The summed E-state index contributed by atoms with van der Waals surface area (Å²) in [5, 5.41) is 2.36. The van der Waals surface area contributed by atoms with Crippen molar-refractivity contribution in [1.29, 1.82) is 0 Å². The third kappa shape index (κ3) is 3.21. The predicted molar refractivity (Wildman–Crippen MR) is 122 cm³/mol. The van der Waals surface area contributed by atoms with E-state index in [1.54, 1.807) is 7.11 Å². The first kappa shape index (κ1) is 21.8. The van der Waals surface area contributed by atoms with E-state index >= 15 is 0 Å². The van der Waals surface area contributed by atoms with Gasteiger partial charge >= 0.3 is 0 Å². The van der Waals surface area contributed by atoms with Crippen molar-refractivity contribution in [3.05, 3.63) is 60.7 Å². The van der Waals surface area contributed by atoms with Crippen LogP contribution in [-0.2, 0) is 18.6 Å². The maximum atomic E-state index is 7.12. The molecule has 0 amide bonds. The number of hydrogen-bond donors (Lipinski definition) is 0. The van der Waals surface area contributed by atoms with Gasteiger partial charge in [0, 0.05) is 13.1 Å². The van der Waals surface area contributed by atoms with E-state index in [0.29, 0.717) is 6.61 Å². The number of benzene rings is 2. The van der Waals surface area contributed by atoms with Crippen LogP contribution in [0, 0.1) is 0 Å². The van der Waals surface area contributed by atoms with Crippen LogP contribution in [0.4, 0.5) is 0 Å². The van der Waals surface area contributed by atoms with Crippen molar-refractivity contribution in [3.8, 4) is 0 Å². The van der Waals surface area contributed by atoms with Crippen LogP contribution >= 0.6 is 0 Å². The fraction of sp³-hybridized carbons (Fsp3) is 0.500. The van der Waals surface area contributed by atoms with Gasteiger partial charge in [-0.15, -0.1) is 0 Å². The van der Waals surface area contributed by atoms with Crippen LogP contribution in [0.2, 0.25) is 5.04 Å². The lowest BCUT2D eigenvalue weighted by atomic mass is 9.90. The van der Waals surface area contributed by atoms with Gasteiger partial charge < -0.3 is 18.6 Å². The molecule has 0 N–H and O–H groups in total. The Balaban J connectivity index is 1.80. The summed E-state index contributed by atoms with van der Waals surface area (Å²) in [6, 6.07) is 20.7. The average molecular weight is 422 g/mol. The monoisotopic (exact) mass is 422 g/mol. The molecule has 2 heterocycles. The minimum absolute atomic E-state index is 0.113. The zero-order valence-corrected chi connectivity index (χ0v) is 19.5. The molecule has 158 valence electrons. The van der Waals surface area contributed by atoms with Crippen LogP contribution in [-0.4, -0.2) is 59.8 Å². The highest BCUT2D eigenvalue weighted by Crippen LogP contribution is 2.46. The van der Waals surface area contributed by atoms with Crippen LogP contribution in [0.5, 0.6) is 0 Å². The second kappa shape index (κ2) is 7.92. The van der Waals surface area contributed by atoms with Crippen molar-refractivity contribution in [1.82, 2.24) is 0 Å². The maximum Gasteiger partial charge on any atom is 0.261 e. The average Bonchev–Trinajstić information content (AvgIpc) is 3.15. The van der Waals surface area contributed by atoms with E-state index in [1.165, 1.54) is 10.4 Å². The molecule has 30 heavy (non-hydrogen) atoms. The van der Waals surface area contributed by atoms with Gasteiger partial charge in [-0.2, -0.15) is 0 Å². The summed E-state index contributed by atoms with van der Waals surface area (Å²) in [7, 11) is 5.21. The topological polar surface area (TPSA) is 36.9 Å². The smallest absolute Gasteiger partial charge is 0.261 e. The summed E-state index contributed by atoms with van der Waals surface area (Å²) in [5.41, 5.74) is -0.716. The van der Waals surface area contributed by atoms with Gasteiger partial charge in [0.1, 0.15) is 25.7 Å². The zero-order chi connectivity index (χ0) is 21.6. The van der Waals surface area contributed by atoms with E-state index in [4.69, 9.17) is 26.5 Å². The van der Waals surface area contributed by atoms with Gasteiger partial charge in [-0.25, -0.2) is 0 Å². The molecule has 2 aromatic carbocycles. The summed E-state index contributed by atoms with van der Waals surface area (Å²) < 4.78 is 25.3. The molecule has 0 aliphatic carbocycles. The van der Waals surface area contributed by atoms with E-state index in [0.717, 1.165) is 0 Å². The number of hydrogen-bond acceptors (Lipinski definition) is 4. The van der Waals surface area contributed by atoms with Gasteiger partial charge in [-0.3, -0.25) is 0 Å². The van der Waals surface area contributed by atoms with Gasteiger partial charge in [-0.05, 0) is 22.3 Å². The lowest BCUT2D eigenvalue weighted by Crippen LogP contribution is -2.68. The molecule has 4 nitrogen and oxygen atoms in total. The second-order valence-corrected chi connectivity index (χ2v) is 13.7. The molecule has 2 radical (unpaired) electrons. The van der Waals surface area contributed by atoms with Crippen molar-refractivity contribution < 1.29 is 18.6 Å². The molecule has 6 heteroatoms. The Labute approximate surface area is 182 Å². The Morgan fingerprint density at radius 3 is 2.00 bits per heavy atom. The lowest BCUT2D eigenvalue weighted by molar-refractivity contribution is -0.172. The number of fused-ring (bicyclic) bond motifs is 2. The third-order valence-corrected chi connectivity index (χ3v) is 11.7. The van der Waals surface area contributed by atoms with Crippen LogP contribution < -0.4 is 10.4 Å². The van der Waals surface area contributed by atoms with Crippen LogP contribution in [0.15, 0.2) is 60.7 Å². The Morgan fingerprint density at radius 1 is 1.00 bits per heavy atom. The van der Waals surface area contributed by atoms with Gasteiger partial charge in [-0.1, -0.05) is 81.4 Å². The van der Waals surface area contributed by atoms with Crippen molar-refractivity contribution in [3.63, 3.8) is 0 Å². The van der Waals surface area contributed by atoms with Crippen molar-refractivity contribution in [2.75, 3.05) is 13.7 Å². The number of ether oxygens (including phenoxy) is 3. The fourth-order valence-electron chi connectivity index (χ4n) is 5.21. The first-order chi connectivity index (χ1) is 14.3.